The van der Waals surface area contributed by atoms with Crippen LogP contribution in [0.1, 0.15) is 30.4 Å². The monoisotopic (exact) mass is 254 g/mol. The summed E-state index contributed by atoms with van der Waals surface area (Å²) < 4.78 is 0. The van der Waals surface area contributed by atoms with Crippen molar-refractivity contribution in [3.05, 3.63) is 47.2 Å². The molecule has 98 valence electrons. The Morgan fingerprint density at radius 2 is 1.95 bits per heavy atom. The maximum Gasteiger partial charge on any atom is 0.163 e. The first-order chi connectivity index (χ1) is 9.02. The Morgan fingerprint density at radius 3 is 2.47 bits per heavy atom. The number of hydrogen-bond acceptors (Lipinski definition) is 3. The van der Waals surface area contributed by atoms with E-state index in [1.807, 2.05) is 56.4 Å². The molecule has 0 aromatic heterocycles. The number of hydrogen-bond donors (Lipinski definition) is 0. The van der Waals surface area contributed by atoms with Crippen molar-refractivity contribution < 1.29 is 4.79 Å². The Balaban J connectivity index is 2.36. The molecular weight excluding hydrogens is 236 g/mol. The first-order valence-corrected chi connectivity index (χ1v) is 6.45. The SMILES string of the molecule is C[C@H]1C[C@H](c2ccc(C#N)cc2)/C(=C/N(C)C)C1=O. The van der Waals surface area contributed by atoms with Gasteiger partial charge >= 0.3 is 0 Å². The molecule has 1 aliphatic rings. The highest BCUT2D eigenvalue weighted by Crippen LogP contribution is 2.40. The lowest BCUT2D eigenvalue weighted by atomic mass is 9.93. The lowest BCUT2D eigenvalue weighted by molar-refractivity contribution is -0.117. The van der Waals surface area contributed by atoms with Gasteiger partial charge in [0.15, 0.2) is 5.78 Å². The van der Waals surface area contributed by atoms with Crippen molar-refractivity contribution in [2.45, 2.75) is 19.3 Å². The first kappa shape index (κ1) is 13.4. The molecule has 0 bridgehead atoms. The third-order valence-corrected chi connectivity index (χ3v) is 3.54. The molecule has 1 aromatic rings. The molecule has 0 unspecified atom stereocenters. The van der Waals surface area contributed by atoms with Crippen molar-refractivity contribution in [3.63, 3.8) is 0 Å². The van der Waals surface area contributed by atoms with Gasteiger partial charge in [-0.15, -0.1) is 0 Å². The number of Topliss-reactive ketones (excluding diaryl/α,β-unsaturated/α-hetero) is 1. The fraction of sp³-hybridized carbons (Fsp3) is 0.375. The highest BCUT2D eigenvalue weighted by atomic mass is 16.1. The minimum Gasteiger partial charge on any atom is -0.383 e. The second-order valence-electron chi connectivity index (χ2n) is 5.34. The zero-order valence-corrected chi connectivity index (χ0v) is 11.6. The van der Waals surface area contributed by atoms with Gasteiger partial charge in [-0.05, 0) is 24.1 Å². The summed E-state index contributed by atoms with van der Waals surface area (Å²) in [7, 11) is 3.86. The van der Waals surface area contributed by atoms with Gasteiger partial charge in [0.2, 0.25) is 0 Å². The number of benzene rings is 1. The molecule has 0 saturated heterocycles. The van der Waals surface area contributed by atoms with Crippen molar-refractivity contribution in [1.82, 2.24) is 4.90 Å². The van der Waals surface area contributed by atoms with E-state index in [0.29, 0.717) is 5.56 Å². The summed E-state index contributed by atoms with van der Waals surface area (Å²) >= 11 is 0. The van der Waals surface area contributed by atoms with Gasteiger partial charge in [-0.3, -0.25) is 4.79 Å². The standard InChI is InChI=1S/C16H18N2O/c1-11-8-14(15(16(11)19)10-18(2)3)13-6-4-12(9-17)5-7-13/h4-7,10-11,14H,8H2,1-3H3/b15-10-/t11-,14+/m0/s1. The van der Waals surface area contributed by atoms with Crippen LogP contribution >= 0.6 is 0 Å². The molecule has 0 amide bonds. The van der Waals surface area contributed by atoms with E-state index in [1.165, 1.54) is 0 Å². The van der Waals surface area contributed by atoms with Gasteiger partial charge in [0.25, 0.3) is 0 Å². The van der Waals surface area contributed by atoms with Gasteiger partial charge in [0.05, 0.1) is 11.6 Å². The van der Waals surface area contributed by atoms with Crippen LogP contribution in [0.2, 0.25) is 0 Å². The molecule has 19 heavy (non-hydrogen) atoms. The molecule has 1 aromatic carbocycles. The van der Waals surface area contributed by atoms with E-state index in [4.69, 9.17) is 5.26 Å². The summed E-state index contributed by atoms with van der Waals surface area (Å²) in [6.45, 7) is 1.98. The van der Waals surface area contributed by atoms with E-state index >= 15 is 0 Å². The second kappa shape index (κ2) is 5.27. The van der Waals surface area contributed by atoms with Gasteiger partial charge in [-0.2, -0.15) is 5.26 Å². The highest BCUT2D eigenvalue weighted by Gasteiger charge is 2.35. The quantitative estimate of drug-likeness (QED) is 0.762. The summed E-state index contributed by atoms with van der Waals surface area (Å²) in [5, 5.41) is 8.83. The molecule has 0 aliphatic heterocycles. The fourth-order valence-corrected chi connectivity index (χ4v) is 2.58. The van der Waals surface area contributed by atoms with Crippen LogP contribution in [0.25, 0.3) is 0 Å². The molecule has 3 heteroatoms. The van der Waals surface area contributed by atoms with E-state index in [0.717, 1.165) is 17.6 Å². The van der Waals surface area contributed by atoms with Gasteiger partial charge in [0, 0.05) is 37.7 Å². The molecule has 3 nitrogen and oxygen atoms in total. The maximum atomic E-state index is 12.2. The van der Waals surface area contributed by atoms with Crippen LogP contribution in [-0.2, 0) is 4.79 Å². The van der Waals surface area contributed by atoms with Crippen LogP contribution in [-0.4, -0.2) is 24.8 Å². The van der Waals surface area contributed by atoms with E-state index in [9.17, 15) is 4.79 Å². The van der Waals surface area contributed by atoms with Crippen molar-refractivity contribution in [1.29, 1.82) is 5.26 Å². The number of nitrogens with zero attached hydrogens (tertiary/aromatic N) is 2. The van der Waals surface area contributed by atoms with E-state index in [1.54, 1.807) is 0 Å². The number of carbonyl (C=O) groups is 1. The smallest absolute Gasteiger partial charge is 0.163 e. The fourth-order valence-electron chi connectivity index (χ4n) is 2.58. The first-order valence-electron chi connectivity index (χ1n) is 6.45. The number of nitriles is 1. The summed E-state index contributed by atoms with van der Waals surface area (Å²) in [6.07, 6.45) is 2.78. The number of carbonyl (C=O) groups excluding carboxylic acids is 1. The molecule has 1 saturated carbocycles. The molecular formula is C16H18N2O. The summed E-state index contributed by atoms with van der Waals surface area (Å²) in [5.41, 5.74) is 2.64. The predicted octanol–water partition coefficient (Wildman–Crippen LogP) is 2.70. The molecule has 0 radical (unpaired) electrons. The number of allylic oxidation sites excluding steroid dienone is 1. The Bertz CT molecular complexity index is 549. The van der Waals surface area contributed by atoms with Crippen molar-refractivity contribution in [2.24, 2.45) is 5.92 Å². The summed E-state index contributed by atoms with van der Waals surface area (Å²) in [6, 6.07) is 9.66. The van der Waals surface area contributed by atoms with Crippen molar-refractivity contribution >= 4 is 5.78 Å². The van der Waals surface area contributed by atoms with Crippen LogP contribution in [0.3, 0.4) is 0 Å². The summed E-state index contributed by atoms with van der Waals surface area (Å²) in [4.78, 5) is 14.1. The molecule has 0 spiro atoms. The average molecular weight is 254 g/mol. The summed E-state index contributed by atoms with van der Waals surface area (Å²) in [5.74, 6) is 0.465. The minimum atomic E-state index is 0.0758. The van der Waals surface area contributed by atoms with Crippen LogP contribution in [0.5, 0.6) is 0 Å². The molecule has 0 N–H and O–H groups in total. The van der Waals surface area contributed by atoms with Crippen LogP contribution in [0.4, 0.5) is 0 Å². The Morgan fingerprint density at radius 1 is 1.32 bits per heavy atom. The average Bonchev–Trinajstić information content (AvgIpc) is 2.67. The molecule has 1 aliphatic carbocycles. The number of ketones is 1. The predicted molar refractivity (Wildman–Crippen MR) is 74.5 cm³/mol. The largest absolute Gasteiger partial charge is 0.383 e. The van der Waals surface area contributed by atoms with Crippen molar-refractivity contribution in [3.8, 4) is 6.07 Å². The van der Waals surface area contributed by atoms with Gasteiger partial charge in [-0.1, -0.05) is 19.1 Å². The Labute approximate surface area is 114 Å². The second-order valence-corrected chi connectivity index (χ2v) is 5.34. The topological polar surface area (TPSA) is 44.1 Å². The highest BCUT2D eigenvalue weighted by molar-refractivity contribution is 6.00. The molecule has 1 fully saturated rings. The zero-order chi connectivity index (χ0) is 14.0. The van der Waals surface area contributed by atoms with Gasteiger partial charge in [0.1, 0.15) is 0 Å². The molecule has 0 heterocycles. The van der Waals surface area contributed by atoms with E-state index in [2.05, 4.69) is 6.07 Å². The Hall–Kier alpha value is -2.08. The third kappa shape index (κ3) is 2.68. The third-order valence-electron chi connectivity index (χ3n) is 3.54. The normalized spacial score (nSPS) is 24.5. The number of rotatable bonds is 2. The van der Waals surface area contributed by atoms with Gasteiger partial charge < -0.3 is 4.90 Å². The minimum absolute atomic E-state index is 0.0758. The van der Waals surface area contributed by atoms with Crippen LogP contribution in [0, 0.1) is 17.2 Å². The van der Waals surface area contributed by atoms with Crippen LogP contribution in [0.15, 0.2) is 36.0 Å². The zero-order valence-electron chi connectivity index (χ0n) is 11.6. The van der Waals surface area contributed by atoms with E-state index in [-0.39, 0.29) is 17.6 Å². The molecule has 2 rings (SSSR count). The van der Waals surface area contributed by atoms with Gasteiger partial charge in [-0.25, -0.2) is 0 Å². The van der Waals surface area contributed by atoms with Crippen LogP contribution < -0.4 is 0 Å². The van der Waals surface area contributed by atoms with Crippen molar-refractivity contribution in [2.75, 3.05) is 14.1 Å². The lowest BCUT2D eigenvalue weighted by Gasteiger charge is -2.14. The lowest BCUT2D eigenvalue weighted by Crippen LogP contribution is -2.10. The Kier molecular flexibility index (Phi) is 3.71. The molecule has 2 atom stereocenters. The maximum absolute atomic E-state index is 12.2. The van der Waals surface area contributed by atoms with E-state index < -0.39 is 0 Å².